The molecule has 28 heavy (non-hydrogen) atoms. The van der Waals surface area contributed by atoms with Gasteiger partial charge in [-0.25, -0.2) is 4.98 Å². The number of hydrogen-bond donors (Lipinski definition) is 1. The van der Waals surface area contributed by atoms with Crippen molar-refractivity contribution in [3.05, 3.63) is 40.7 Å². The number of piperidine rings is 1. The number of hydrogen-bond acceptors (Lipinski definition) is 5. The molecule has 0 aromatic carbocycles. The molecule has 2 aromatic rings. The number of carbonyl (C=O) groups is 1. The van der Waals surface area contributed by atoms with Crippen LogP contribution in [0.25, 0.3) is 11.3 Å². The minimum absolute atomic E-state index is 0.0799. The van der Waals surface area contributed by atoms with Crippen LogP contribution in [0.4, 0.5) is 5.82 Å². The normalized spacial score (nSPS) is 15.1. The van der Waals surface area contributed by atoms with Crippen LogP contribution in [0.5, 0.6) is 0 Å². The molecule has 0 radical (unpaired) electrons. The number of halogens is 1. The summed E-state index contributed by atoms with van der Waals surface area (Å²) < 4.78 is 0. The number of carbonyl (C=O) groups excluding carboxylic acids is 1. The van der Waals surface area contributed by atoms with Crippen LogP contribution in [-0.4, -0.2) is 60.5 Å². The number of likely N-dealkylation sites (N-methyl/N-ethyl adjacent to an activating group) is 1. The van der Waals surface area contributed by atoms with Gasteiger partial charge in [0, 0.05) is 37.1 Å². The highest BCUT2D eigenvalue weighted by atomic mass is 35.5. The van der Waals surface area contributed by atoms with Crippen molar-refractivity contribution in [2.75, 3.05) is 38.6 Å². The van der Waals surface area contributed by atoms with Crippen molar-refractivity contribution in [1.82, 2.24) is 20.2 Å². The smallest absolute Gasteiger partial charge is 0.234 e. The van der Waals surface area contributed by atoms with Crippen molar-refractivity contribution in [2.24, 2.45) is 0 Å². The maximum atomic E-state index is 12.0. The molecule has 1 fully saturated rings. The van der Waals surface area contributed by atoms with Gasteiger partial charge in [-0.2, -0.15) is 0 Å². The first-order valence-electron chi connectivity index (χ1n) is 9.61. The van der Waals surface area contributed by atoms with E-state index in [9.17, 15) is 4.79 Å². The van der Waals surface area contributed by atoms with Gasteiger partial charge in [0.25, 0.3) is 0 Å². The van der Waals surface area contributed by atoms with E-state index >= 15 is 0 Å². The maximum absolute atomic E-state index is 12.0. The molecule has 6 nitrogen and oxygen atoms in total. The largest absolute Gasteiger partial charge is 0.356 e. The van der Waals surface area contributed by atoms with Gasteiger partial charge in [-0.3, -0.25) is 9.78 Å². The molecule has 0 saturated carbocycles. The fourth-order valence-electron chi connectivity index (χ4n) is 3.59. The first kappa shape index (κ1) is 20.6. The molecule has 1 amide bonds. The van der Waals surface area contributed by atoms with Crippen molar-refractivity contribution in [1.29, 1.82) is 0 Å². The molecule has 0 aliphatic carbocycles. The van der Waals surface area contributed by atoms with Gasteiger partial charge in [-0.05, 0) is 58.0 Å². The van der Waals surface area contributed by atoms with Crippen molar-refractivity contribution < 1.29 is 4.79 Å². The summed E-state index contributed by atoms with van der Waals surface area (Å²) in [5.41, 5.74) is 4.03. The highest BCUT2D eigenvalue weighted by molar-refractivity contribution is 6.33. The van der Waals surface area contributed by atoms with E-state index in [1.165, 1.54) is 0 Å². The van der Waals surface area contributed by atoms with Crippen LogP contribution < -0.4 is 10.2 Å². The van der Waals surface area contributed by atoms with Gasteiger partial charge in [0.15, 0.2) is 0 Å². The van der Waals surface area contributed by atoms with E-state index < -0.39 is 0 Å². The van der Waals surface area contributed by atoms with Gasteiger partial charge in [0.1, 0.15) is 5.82 Å². The molecule has 7 heteroatoms. The summed E-state index contributed by atoms with van der Waals surface area (Å²) in [5, 5.41) is 3.73. The summed E-state index contributed by atoms with van der Waals surface area (Å²) in [6, 6.07) is 4.36. The van der Waals surface area contributed by atoms with Gasteiger partial charge in [0.2, 0.25) is 5.91 Å². The number of aromatic nitrogens is 2. The Balaban J connectivity index is 1.70. The molecular weight excluding hydrogens is 374 g/mol. The Morgan fingerprint density at radius 2 is 1.93 bits per heavy atom. The molecule has 3 rings (SSSR count). The standard InChI is InChI=1S/C21H28ClN5O/c1-14-9-15(2)21(24-11-14)17-10-19(23-12-18(17)22)27-7-5-16(6-8-27)25-20(28)13-26(3)4/h9-12,16H,5-8,13H2,1-4H3,(H,25,28). The Bertz CT molecular complexity index is 847. The summed E-state index contributed by atoms with van der Waals surface area (Å²) in [7, 11) is 3.80. The predicted octanol–water partition coefficient (Wildman–Crippen LogP) is 3.06. The topological polar surface area (TPSA) is 61.4 Å². The zero-order valence-corrected chi connectivity index (χ0v) is 17.8. The molecule has 1 aliphatic rings. The van der Waals surface area contributed by atoms with E-state index in [0.29, 0.717) is 11.6 Å². The van der Waals surface area contributed by atoms with E-state index in [1.54, 1.807) is 6.20 Å². The van der Waals surface area contributed by atoms with Crippen LogP contribution in [0.1, 0.15) is 24.0 Å². The second kappa shape index (κ2) is 8.88. The third-order valence-corrected chi connectivity index (χ3v) is 5.26. The van der Waals surface area contributed by atoms with Gasteiger partial charge >= 0.3 is 0 Å². The quantitative estimate of drug-likeness (QED) is 0.834. The zero-order chi connectivity index (χ0) is 20.3. The molecule has 2 aromatic heterocycles. The van der Waals surface area contributed by atoms with Crippen molar-refractivity contribution in [3.63, 3.8) is 0 Å². The minimum Gasteiger partial charge on any atom is -0.356 e. The number of amides is 1. The lowest BCUT2D eigenvalue weighted by atomic mass is 10.0. The molecule has 1 N–H and O–H groups in total. The van der Waals surface area contributed by atoms with Crippen LogP contribution in [-0.2, 0) is 4.79 Å². The average molecular weight is 402 g/mol. The van der Waals surface area contributed by atoms with Crippen LogP contribution >= 0.6 is 11.6 Å². The molecule has 150 valence electrons. The fraction of sp³-hybridized carbons (Fsp3) is 0.476. The molecule has 0 atom stereocenters. The summed E-state index contributed by atoms with van der Waals surface area (Å²) in [5.74, 6) is 0.982. The number of aryl methyl sites for hydroxylation is 2. The van der Waals surface area contributed by atoms with Crippen LogP contribution in [0.15, 0.2) is 24.5 Å². The van der Waals surface area contributed by atoms with Gasteiger partial charge in [-0.15, -0.1) is 0 Å². The van der Waals surface area contributed by atoms with Crippen LogP contribution in [0.3, 0.4) is 0 Å². The minimum atomic E-state index is 0.0799. The highest BCUT2D eigenvalue weighted by Crippen LogP contribution is 2.32. The number of rotatable bonds is 5. The Morgan fingerprint density at radius 3 is 2.57 bits per heavy atom. The van der Waals surface area contributed by atoms with E-state index in [2.05, 4.69) is 26.3 Å². The van der Waals surface area contributed by atoms with Crippen LogP contribution in [0, 0.1) is 13.8 Å². The van der Waals surface area contributed by atoms with E-state index in [4.69, 9.17) is 11.6 Å². The van der Waals surface area contributed by atoms with Crippen molar-refractivity contribution in [2.45, 2.75) is 32.7 Å². The fourth-order valence-corrected chi connectivity index (χ4v) is 3.79. The second-order valence-electron chi connectivity index (χ2n) is 7.77. The number of pyridine rings is 2. The SMILES string of the molecule is Cc1cnc(-c2cc(N3CCC(NC(=O)CN(C)C)CC3)ncc2Cl)c(C)c1. The molecule has 1 saturated heterocycles. The van der Waals surface area contributed by atoms with E-state index in [0.717, 1.165) is 54.1 Å². The zero-order valence-electron chi connectivity index (χ0n) is 17.0. The Morgan fingerprint density at radius 1 is 1.21 bits per heavy atom. The molecule has 0 unspecified atom stereocenters. The number of nitrogens with zero attached hydrogens (tertiary/aromatic N) is 4. The Kier molecular flexibility index (Phi) is 6.52. The van der Waals surface area contributed by atoms with Crippen molar-refractivity contribution >= 4 is 23.3 Å². The summed E-state index contributed by atoms with van der Waals surface area (Å²) >= 11 is 6.43. The third kappa shape index (κ3) is 5.00. The van der Waals surface area contributed by atoms with Gasteiger partial charge < -0.3 is 15.1 Å². The van der Waals surface area contributed by atoms with Crippen molar-refractivity contribution in [3.8, 4) is 11.3 Å². The molecule has 0 spiro atoms. The molecular formula is C21H28ClN5O. The molecule has 0 bridgehead atoms. The van der Waals surface area contributed by atoms with Gasteiger partial charge in [-0.1, -0.05) is 17.7 Å². The molecule has 1 aliphatic heterocycles. The number of anilines is 1. The van der Waals surface area contributed by atoms with Crippen LogP contribution in [0.2, 0.25) is 5.02 Å². The average Bonchev–Trinajstić information content (AvgIpc) is 2.63. The maximum Gasteiger partial charge on any atom is 0.234 e. The monoisotopic (exact) mass is 401 g/mol. The summed E-state index contributed by atoms with van der Waals surface area (Å²) in [4.78, 5) is 25.2. The lowest BCUT2D eigenvalue weighted by molar-refractivity contribution is -0.122. The highest BCUT2D eigenvalue weighted by Gasteiger charge is 2.22. The summed E-state index contributed by atoms with van der Waals surface area (Å²) in [6.07, 6.45) is 5.38. The summed E-state index contributed by atoms with van der Waals surface area (Å²) in [6.45, 7) is 6.20. The Hall–Kier alpha value is -2.18. The predicted molar refractivity (Wildman–Crippen MR) is 114 cm³/mol. The molecule has 3 heterocycles. The Labute approximate surface area is 171 Å². The lowest BCUT2D eigenvalue weighted by Gasteiger charge is -2.33. The number of nitrogens with one attached hydrogen (secondary N) is 1. The second-order valence-corrected chi connectivity index (χ2v) is 8.17. The van der Waals surface area contributed by atoms with E-state index in [-0.39, 0.29) is 11.9 Å². The first-order chi connectivity index (χ1) is 13.3. The third-order valence-electron chi connectivity index (χ3n) is 4.95. The van der Waals surface area contributed by atoms with Gasteiger partial charge in [0.05, 0.1) is 17.3 Å². The van der Waals surface area contributed by atoms with E-state index in [1.807, 2.05) is 45.1 Å². The lowest BCUT2D eigenvalue weighted by Crippen LogP contribution is -2.47. The first-order valence-corrected chi connectivity index (χ1v) is 9.99.